The number of halogens is 4. The fourth-order valence-corrected chi connectivity index (χ4v) is 4.51. The molecule has 0 radical (unpaired) electrons. The summed E-state index contributed by atoms with van der Waals surface area (Å²) in [4.78, 5) is 19.6. The zero-order valence-corrected chi connectivity index (χ0v) is 25.5. The highest BCUT2D eigenvalue weighted by atomic mass is 19.4. The molecular formula is C34H41F4N3O. The lowest BCUT2D eigenvalue weighted by Gasteiger charge is -2.23. The summed E-state index contributed by atoms with van der Waals surface area (Å²) in [7, 11) is 0. The zero-order chi connectivity index (χ0) is 31.4. The monoisotopic (exact) mass is 583 g/mol. The summed E-state index contributed by atoms with van der Waals surface area (Å²) in [6, 6.07) is 8.75. The number of nitrogens with one attached hydrogen (secondary N) is 1. The Morgan fingerprint density at radius 3 is 2.33 bits per heavy atom. The van der Waals surface area contributed by atoms with Gasteiger partial charge in [-0.3, -0.25) is 4.79 Å². The first-order valence-corrected chi connectivity index (χ1v) is 14.6. The highest BCUT2D eigenvalue weighted by Crippen LogP contribution is 2.33. The Labute approximate surface area is 247 Å². The van der Waals surface area contributed by atoms with E-state index in [0.717, 1.165) is 56.2 Å². The first kappa shape index (κ1) is 34.3. The van der Waals surface area contributed by atoms with Crippen molar-refractivity contribution in [3.8, 4) is 23.0 Å². The molecule has 0 saturated heterocycles. The van der Waals surface area contributed by atoms with Gasteiger partial charge in [-0.15, -0.1) is 0 Å². The number of hydrogen-bond donors (Lipinski definition) is 1. The average Bonchev–Trinajstić information content (AvgIpc) is 2.98. The Bertz CT molecular complexity index is 1400. The Morgan fingerprint density at radius 2 is 1.74 bits per heavy atom. The van der Waals surface area contributed by atoms with Crippen molar-refractivity contribution in [2.45, 2.75) is 73.9 Å². The maximum atomic E-state index is 14.9. The van der Waals surface area contributed by atoms with Crippen LogP contribution in [0, 0.1) is 30.5 Å². The summed E-state index contributed by atoms with van der Waals surface area (Å²) in [6.07, 6.45) is 0.114. The topological polar surface area (TPSA) is 45.2 Å². The molecule has 0 aliphatic rings. The van der Waals surface area contributed by atoms with Gasteiger partial charge in [-0.2, -0.15) is 13.2 Å². The number of aryl methyl sites for hydroxylation is 1. The molecule has 3 rings (SSSR count). The van der Waals surface area contributed by atoms with E-state index in [0.29, 0.717) is 28.3 Å². The second kappa shape index (κ2) is 16.0. The molecule has 4 nitrogen and oxygen atoms in total. The second-order valence-electron chi connectivity index (χ2n) is 9.61. The normalized spacial score (nSPS) is 11.5. The minimum atomic E-state index is -4.60. The molecule has 0 spiro atoms. The molecule has 42 heavy (non-hydrogen) atoms. The molecule has 0 saturated carbocycles. The quantitative estimate of drug-likeness (QED) is 0.202. The van der Waals surface area contributed by atoms with Crippen LogP contribution >= 0.6 is 0 Å². The van der Waals surface area contributed by atoms with Crippen molar-refractivity contribution < 1.29 is 22.4 Å². The lowest BCUT2D eigenvalue weighted by atomic mass is 9.99. The number of alkyl halides is 3. The molecule has 1 heterocycles. The number of rotatable bonds is 9. The maximum Gasteiger partial charge on any atom is 0.416 e. The predicted octanol–water partition coefficient (Wildman–Crippen LogP) is 9.52. The smallest absolute Gasteiger partial charge is 0.370 e. The van der Waals surface area contributed by atoms with Crippen molar-refractivity contribution in [1.29, 1.82) is 0 Å². The number of amides is 1. The lowest BCUT2D eigenvalue weighted by molar-refractivity contribution is -0.137. The van der Waals surface area contributed by atoms with Gasteiger partial charge in [-0.1, -0.05) is 46.1 Å². The molecule has 0 aliphatic heterocycles. The molecule has 226 valence electrons. The Kier molecular flexibility index (Phi) is 13.0. The van der Waals surface area contributed by atoms with E-state index in [-0.39, 0.29) is 11.3 Å². The van der Waals surface area contributed by atoms with Gasteiger partial charge < -0.3 is 10.2 Å². The van der Waals surface area contributed by atoms with Crippen LogP contribution in [0.3, 0.4) is 0 Å². The molecule has 1 aromatic heterocycles. The number of benzene rings is 2. The third-order valence-corrected chi connectivity index (χ3v) is 6.82. The van der Waals surface area contributed by atoms with Crippen molar-refractivity contribution in [3.05, 3.63) is 76.9 Å². The van der Waals surface area contributed by atoms with Crippen molar-refractivity contribution in [3.63, 3.8) is 0 Å². The fourth-order valence-electron chi connectivity index (χ4n) is 4.51. The maximum absolute atomic E-state index is 14.9. The third kappa shape index (κ3) is 8.82. The van der Waals surface area contributed by atoms with Gasteiger partial charge in [0.25, 0.3) is 5.91 Å². The first-order chi connectivity index (χ1) is 20.0. The lowest BCUT2D eigenvalue weighted by Crippen LogP contribution is -2.23. The van der Waals surface area contributed by atoms with Crippen molar-refractivity contribution in [2.24, 2.45) is 5.92 Å². The highest BCUT2D eigenvalue weighted by Gasteiger charge is 2.31. The molecule has 1 unspecified atom stereocenters. The summed E-state index contributed by atoms with van der Waals surface area (Å²) in [5, 5.41) is 2.43. The summed E-state index contributed by atoms with van der Waals surface area (Å²) in [5.74, 6) is 5.39. The number of pyridine rings is 1. The molecule has 0 bridgehead atoms. The van der Waals surface area contributed by atoms with Gasteiger partial charge in [-0.25, -0.2) is 9.37 Å². The molecule has 1 N–H and O–H groups in total. The molecule has 8 heteroatoms. The third-order valence-electron chi connectivity index (χ3n) is 6.82. The average molecular weight is 584 g/mol. The predicted molar refractivity (Wildman–Crippen MR) is 164 cm³/mol. The van der Waals surface area contributed by atoms with Gasteiger partial charge in [0, 0.05) is 36.3 Å². The summed E-state index contributed by atoms with van der Waals surface area (Å²) >= 11 is 0. The number of nitrogens with zero attached hydrogens (tertiary/aromatic N) is 2. The van der Waals surface area contributed by atoms with E-state index in [9.17, 15) is 22.4 Å². The zero-order valence-electron chi connectivity index (χ0n) is 25.5. The summed E-state index contributed by atoms with van der Waals surface area (Å²) in [5.41, 5.74) is 2.18. The Hall–Kier alpha value is -3.86. The van der Waals surface area contributed by atoms with Gasteiger partial charge in [0.2, 0.25) is 0 Å². The van der Waals surface area contributed by atoms with E-state index in [1.165, 1.54) is 18.2 Å². The second-order valence-corrected chi connectivity index (χ2v) is 9.61. The minimum absolute atomic E-state index is 0.137. The van der Waals surface area contributed by atoms with E-state index in [1.54, 1.807) is 13.1 Å². The van der Waals surface area contributed by atoms with Crippen LogP contribution in [0.15, 0.2) is 48.7 Å². The summed E-state index contributed by atoms with van der Waals surface area (Å²) in [6.45, 7) is 15.6. The van der Waals surface area contributed by atoms with Gasteiger partial charge in [0.15, 0.2) is 0 Å². The SMILES string of the molecule is CC.CCCC(C#Cc1ncc(-c2cc(NC(=O)c3cccc(C(F)(F)F)c3)c(F)cc2C)cc1N(CC)CC)CC. The number of carbonyl (C=O) groups excluding carboxylic acids is 1. The first-order valence-electron chi connectivity index (χ1n) is 14.6. The van der Waals surface area contributed by atoms with E-state index in [1.807, 2.05) is 33.8 Å². The minimum Gasteiger partial charge on any atom is -0.370 e. The van der Waals surface area contributed by atoms with E-state index in [4.69, 9.17) is 0 Å². The van der Waals surface area contributed by atoms with Crippen LogP contribution in [0.5, 0.6) is 0 Å². The molecular weight excluding hydrogens is 542 g/mol. The standard InChI is InChI=1S/C32H35F4N3O.C2H6/c1-6-11-22(7-2)14-15-28-30(39(8-3)9-4)18-24(20-37-28)26-19-29(27(33)16-21(26)5)38-31(40)23-12-10-13-25(17-23)32(34,35)36;1-2/h10,12-13,16-20,22H,6-9,11H2,1-5H3,(H,38,40);1-2H3. The molecule has 0 aliphatic carbocycles. The van der Waals surface area contributed by atoms with Gasteiger partial charge in [0.1, 0.15) is 11.5 Å². The molecule has 1 amide bonds. The van der Waals surface area contributed by atoms with Crippen LogP contribution in [-0.4, -0.2) is 24.0 Å². The van der Waals surface area contributed by atoms with Crippen molar-refractivity contribution >= 4 is 17.3 Å². The molecule has 1 atom stereocenters. The van der Waals surface area contributed by atoms with Crippen molar-refractivity contribution in [1.82, 2.24) is 4.98 Å². The number of carbonyl (C=O) groups is 1. The van der Waals surface area contributed by atoms with Crippen LogP contribution in [0.2, 0.25) is 0 Å². The van der Waals surface area contributed by atoms with Crippen LogP contribution in [0.4, 0.5) is 28.9 Å². The van der Waals surface area contributed by atoms with E-state index in [2.05, 4.69) is 40.9 Å². The number of hydrogen-bond acceptors (Lipinski definition) is 3. The van der Waals surface area contributed by atoms with E-state index < -0.39 is 23.5 Å². The Morgan fingerprint density at radius 1 is 1.05 bits per heavy atom. The van der Waals surface area contributed by atoms with Gasteiger partial charge in [-0.05, 0) is 87.1 Å². The van der Waals surface area contributed by atoms with E-state index >= 15 is 0 Å². The Balaban J connectivity index is 0.00000301. The highest BCUT2D eigenvalue weighted by molar-refractivity contribution is 6.04. The van der Waals surface area contributed by atoms with Crippen LogP contribution < -0.4 is 10.2 Å². The van der Waals surface area contributed by atoms with Crippen molar-refractivity contribution in [2.75, 3.05) is 23.3 Å². The molecule has 0 fully saturated rings. The van der Waals surface area contributed by atoms with Gasteiger partial charge in [0.05, 0.1) is 16.9 Å². The summed E-state index contributed by atoms with van der Waals surface area (Å²) < 4.78 is 54.2. The van der Waals surface area contributed by atoms with Crippen LogP contribution in [0.1, 0.15) is 88.0 Å². The fraction of sp³-hybridized carbons (Fsp3) is 0.412. The number of aromatic nitrogens is 1. The molecule has 2 aromatic carbocycles. The number of anilines is 2. The van der Waals surface area contributed by atoms with Crippen LogP contribution in [0.25, 0.3) is 11.1 Å². The van der Waals surface area contributed by atoms with Crippen LogP contribution in [-0.2, 0) is 6.18 Å². The van der Waals surface area contributed by atoms with Gasteiger partial charge >= 0.3 is 6.18 Å². The molecule has 3 aromatic rings. The largest absolute Gasteiger partial charge is 0.416 e.